The maximum absolute atomic E-state index is 13.1. The van der Waals surface area contributed by atoms with Crippen molar-refractivity contribution in [1.29, 1.82) is 0 Å². The van der Waals surface area contributed by atoms with Gasteiger partial charge in [-0.2, -0.15) is 0 Å². The van der Waals surface area contributed by atoms with E-state index in [0.29, 0.717) is 23.6 Å². The summed E-state index contributed by atoms with van der Waals surface area (Å²) in [6.45, 7) is 0.562. The lowest BCUT2D eigenvalue weighted by Gasteiger charge is -2.25. The molecule has 0 fully saturated rings. The minimum absolute atomic E-state index is 0.0749. The molecule has 0 unspecified atom stereocenters. The van der Waals surface area contributed by atoms with Crippen molar-refractivity contribution in [3.8, 4) is 11.5 Å². The van der Waals surface area contributed by atoms with E-state index in [0.717, 1.165) is 0 Å². The van der Waals surface area contributed by atoms with Crippen LogP contribution in [-0.2, 0) is 0 Å². The van der Waals surface area contributed by atoms with Crippen LogP contribution in [0, 0.1) is 0 Å². The Labute approximate surface area is 166 Å². The molecule has 0 radical (unpaired) electrons. The average molecular weight is 375 g/mol. The molecule has 3 aromatic carbocycles. The summed E-state index contributed by atoms with van der Waals surface area (Å²) in [6, 6.07) is 25.8. The van der Waals surface area contributed by atoms with E-state index in [1.807, 2.05) is 43.4 Å². The van der Waals surface area contributed by atoms with Crippen LogP contribution >= 0.6 is 0 Å². The summed E-state index contributed by atoms with van der Waals surface area (Å²) in [5.74, 6) is 1.20. The Morgan fingerprint density at radius 3 is 1.71 bits per heavy atom. The zero-order chi connectivity index (χ0) is 19.9. The summed E-state index contributed by atoms with van der Waals surface area (Å²) in [4.78, 5) is 14.8. The molecule has 0 aromatic heterocycles. The monoisotopic (exact) mass is 375 g/mol. The molecule has 1 amide bonds. The number of ether oxygens (including phenoxy) is 2. The minimum Gasteiger partial charge on any atom is -0.497 e. The highest BCUT2D eigenvalue weighted by molar-refractivity contribution is 5.95. The van der Waals surface area contributed by atoms with Gasteiger partial charge in [-0.05, 0) is 23.3 Å². The number of amides is 1. The van der Waals surface area contributed by atoms with Gasteiger partial charge in [0.15, 0.2) is 0 Å². The smallest absolute Gasteiger partial charge is 0.253 e. The van der Waals surface area contributed by atoms with Crippen molar-refractivity contribution in [2.24, 2.45) is 0 Å². The number of rotatable bonds is 7. The Morgan fingerprint density at radius 1 is 0.821 bits per heavy atom. The molecule has 144 valence electrons. The van der Waals surface area contributed by atoms with Crippen molar-refractivity contribution in [2.45, 2.75) is 5.92 Å². The van der Waals surface area contributed by atoms with E-state index in [1.54, 1.807) is 37.3 Å². The first-order valence-electron chi connectivity index (χ1n) is 9.20. The van der Waals surface area contributed by atoms with Gasteiger partial charge in [0.1, 0.15) is 11.5 Å². The maximum Gasteiger partial charge on any atom is 0.253 e. The van der Waals surface area contributed by atoms with Crippen molar-refractivity contribution < 1.29 is 14.3 Å². The maximum atomic E-state index is 13.1. The normalized spacial score (nSPS) is 10.6. The first-order valence-corrected chi connectivity index (χ1v) is 9.20. The molecule has 0 bridgehead atoms. The third kappa shape index (κ3) is 4.52. The second-order valence-corrected chi connectivity index (χ2v) is 6.66. The van der Waals surface area contributed by atoms with Crippen LogP contribution < -0.4 is 9.47 Å². The molecule has 3 rings (SSSR count). The Bertz CT molecular complexity index is 848. The van der Waals surface area contributed by atoms with Gasteiger partial charge in [-0.25, -0.2) is 0 Å². The van der Waals surface area contributed by atoms with Crippen molar-refractivity contribution in [3.63, 3.8) is 0 Å². The molecule has 0 heterocycles. The number of benzene rings is 3. The molecule has 0 saturated heterocycles. The van der Waals surface area contributed by atoms with E-state index in [1.165, 1.54) is 11.1 Å². The van der Waals surface area contributed by atoms with Crippen LogP contribution in [0.3, 0.4) is 0 Å². The molecule has 4 heteroatoms. The van der Waals surface area contributed by atoms with E-state index >= 15 is 0 Å². The molecule has 0 atom stereocenters. The van der Waals surface area contributed by atoms with Gasteiger partial charge in [0, 0.05) is 31.1 Å². The van der Waals surface area contributed by atoms with Crippen LogP contribution in [0.5, 0.6) is 11.5 Å². The average Bonchev–Trinajstić information content (AvgIpc) is 2.77. The predicted octanol–water partition coefficient (Wildman–Crippen LogP) is 4.61. The second kappa shape index (κ2) is 9.09. The zero-order valence-electron chi connectivity index (χ0n) is 16.5. The Balaban J connectivity index is 1.88. The number of methoxy groups -OCH3 is 2. The van der Waals surface area contributed by atoms with E-state index in [4.69, 9.17) is 9.47 Å². The second-order valence-electron chi connectivity index (χ2n) is 6.66. The third-order valence-corrected chi connectivity index (χ3v) is 4.81. The molecule has 4 nitrogen and oxygen atoms in total. The number of likely N-dealkylation sites (N-methyl/N-ethyl adjacent to an activating group) is 1. The van der Waals surface area contributed by atoms with Crippen LogP contribution in [-0.4, -0.2) is 38.6 Å². The van der Waals surface area contributed by atoms with Crippen molar-refractivity contribution in [2.75, 3.05) is 27.8 Å². The largest absolute Gasteiger partial charge is 0.497 e. The lowest BCUT2D eigenvalue weighted by molar-refractivity contribution is 0.0790. The highest BCUT2D eigenvalue weighted by Crippen LogP contribution is 2.27. The van der Waals surface area contributed by atoms with Gasteiger partial charge in [0.05, 0.1) is 14.2 Å². The number of hydrogen-bond acceptors (Lipinski definition) is 3. The minimum atomic E-state index is -0.0749. The van der Waals surface area contributed by atoms with Gasteiger partial charge in [0.25, 0.3) is 5.91 Å². The number of carbonyl (C=O) groups is 1. The van der Waals surface area contributed by atoms with Gasteiger partial charge in [0.2, 0.25) is 0 Å². The first-order chi connectivity index (χ1) is 13.6. The summed E-state index contributed by atoms with van der Waals surface area (Å²) in [7, 11) is 4.98. The SMILES string of the molecule is COc1cc(OC)cc(C(=O)N(C)CC(c2ccccc2)c2ccccc2)c1. The lowest BCUT2D eigenvalue weighted by atomic mass is 9.91. The Kier molecular flexibility index (Phi) is 6.33. The van der Waals surface area contributed by atoms with Gasteiger partial charge in [-0.3, -0.25) is 4.79 Å². The van der Waals surface area contributed by atoms with E-state index in [-0.39, 0.29) is 11.8 Å². The summed E-state index contributed by atoms with van der Waals surface area (Å²) in [6.07, 6.45) is 0. The van der Waals surface area contributed by atoms with Crippen LogP contribution in [0.15, 0.2) is 78.9 Å². The summed E-state index contributed by atoms with van der Waals surface area (Å²) in [5.41, 5.74) is 2.90. The van der Waals surface area contributed by atoms with Crippen molar-refractivity contribution in [3.05, 3.63) is 95.6 Å². The molecule has 0 aliphatic carbocycles. The van der Waals surface area contributed by atoms with E-state index < -0.39 is 0 Å². The molecular formula is C24H25NO3. The molecule has 0 N–H and O–H groups in total. The Morgan fingerprint density at radius 2 is 1.29 bits per heavy atom. The summed E-state index contributed by atoms with van der Waals surface area (Å²) < 4.78 is 10.6. The fourth-order valence-corrected chi connectivity index (χ4v) is 3.28. The van der Waals surface area contributed by atoms with Gasteiger partial charge in [-0.15, -0.1) is 0 Å². The predicted molar refractivity (Wildman–Crippen MR) is 111 cm³/mol. The quantitative estimate of drug-likeness (QED) is 0.605. The van der Waals surface area contributed by atoms with Crippen LogP contribution in [0.1, 0.15) is 27.4 Å². The molecule has 0 aliphatic heterocycles. The molecular weight excluding hydrogens is 350 g/mol. The standard InChI is InChI=1S/C24H25NO3/c1-25(24(26)20-14-21(27-2)16-22(15-20)28-3)17-23(18-10-6-4-7-11-18)19-12-8-5-9-13-19/h4-16,23H,17H2,1-3H3. The van der Waals surface area contributed by atoms with E-state index in [2.05, 4.69) is 24.3 Å². The number of nitrogens with zero attached hydrogens (tertiary/aromatic N) is 1. The van der Waals surface area contributed by atoms with Crippen molar-refractivity contribution >= 4 is 5.91 Å². The number of hydrogen-bond donors (Lipinski definition) is 0. The lowest BCUT2D eigenvalue weighted by Crippen LogP contribution is -2.31. The molecule has 0 spiro atoms. The van der Waals surface area contributed by atoms with Gasteiger partial charge >= 0.3 is 0 Å². The highest BCUT2D eigenvalue weighted by atomic mass is 16.5. The van der Waals surface area contributed by atoms with Gasteiger partial charge in [-0.1, -0.05) is 60.7 Å². The Hall–Kier alpha value is -3.27. The van der Waals surface area contributed by atoms with E-state index in [9.17, 15) is 4.79 Å². The summed E-state index contributed by atoms with van der Waals surface area (Å²) >= 11 is 0. The fourth-order valence-electron chi connectivity index (χ4n) is 3.28. The molecule has 0 saturated carbocycles. The van der Waals surface area contributed by atoms with Crippen LogP contribution in [0.4, 0.5) is 0 Å². The molecule has 28 heavy (non-hydrogen) atoms. The van der Waals surface area contributed by atoms with Gasteiger partial charge < -0.3 is 14.4 Å². The molecule has 3 aromatic rings. The molecule has 0 aliphatic rings. The number of carbonyl (C=O) groups excluding carboxylic acids is 1. The van der Waals surface area contributed by atoms with Crippen LogP contribution in [0.2, 0.25) is 0 Å². The summed E-state index contributed by atoms with van der Waals surface area (Å²) in [5, 5.41) is 0. The van der Waals surface area contributed by atoms with Crippen molar-refractivity contribution in [1.82, 2.24) is 4.90 Å². The first kappa shape index (κ1) is 19.5. The zero-order valence-corrected chi connectivity index (χ0v) is 16.5. The third-order valence-electron chi connectivity index (χ3n) is 4.81. The highest BCUT2D eigenvalue weighted by Gasteiger charge is 2.21. The van der Waals surface area contributed by atoms with Crippen LogP contribution in [0.25, 0.3) is 0 Å². The topological polar surface area (TPSA) is 38.8 Å². The fraction of sp³-hybridized carbons (Fsp3) is 0.208.